The Balaban J connectivity index is 2.83. The molecule has 24 heavy (non-hydrogen) atoms. The van der Waals surface area contributed by atoms with Crippen LogP contribution in [0.5, 0.6) is 5.75 Å². The zero-order valence-corrected chi connectivity index (χ0v) is 16.4. The first-order valence-electron chi connectivity index (χ1n) is 5.78. The number of hydrogen-bond donors (Lipinski definition) is 2. The first kappa shape index (κ1) is 21.6. The number of esters is 1. The van der Waals surface area contributed by atoms with Gasteiger partial charge in [-0.15, -0.1) is 0 Å². The van der Waals surface area contributed by atoms with Gasteiger partial charge in [-0.1, -0.05) is 0 Å². The summed E-state index contributed by atoms with van der Waals surface area (Å²) in [4.78, 5) is 11.7. The lowest BCUT2D eigenvalue weighted by Gasteiger charge is -2.23. The molecule has 136 valence electrons. The molecule has 0 spiro atoms. The minimum atomic E-state index is -6.35. The van der Waals surface area contributed by atoms with E-state index in [1.54, 1.807) is 22.6 Å². The highest BCUT2D eigenvalue weighted by Gasteiger charge is 2.65. The molecule has 0 bridgehead atoms. The first-order chi connectivity index (χ1) is 10.7. The number of alkyl halides is 4. The van der Waals surface area contributed by atoms with E-state index in [1.807, 2.05) is 22.6 Å². The standard InChI is InChI=1S/C11H8F4I2O6S/c12-10(13,11(14,15)24(20,21)22)1-2-23-9(19)6-3-5(16)4-7(17)8(6)18/h3-4,18H,1-2H2,(H,20,21,22). The summed E-state index contributed by atoms with van der Waals surface area (Å²) >= 11 is 3.52. The van der Waals surface area contributed by atoms with Gasteiger partial charge in [0, 0.05) is 3.57 Å². The van der Waals surface area contributed by atoms with Crippen molar-refractivity contribution in [3.8, 4) is 5.75 Å². The molecule has 0 heterocycles. The van der Waals surface area contributed by atoms with E-state index in [4.69, 9.17) is 4.55 Å². The van der Waals surface area contributed by atoms with Gasteiger partial charge < -0.3 is 9.84 Å². The van der Waals surface area contributed by atoms with Crippen molar-refractivity contribution in [1.82, 2.24) is 0 Å². The quantitative estimate of drug-likeness (QED) is 0.226. The highest BCUT2D eigenvalue weighted by molar-refractivity contribution is 14.1. The van der Waals surface area contributed by atoms with Crippen molar-refractivity contribution < 1.29 is 45.2 Å². The second-order valence-corrected chi connectivity index (χ2v) is 8.24. The molecule has 0 aliphatic heterocycles. The monoisotopic (exact) mass is 598 g/mol. The van der Waals surface area contributed by atoms with E-state index >= 15 is 0 Å². The van der Waals surface area contributed by atoms with Crippen LogP contribution in [-0.2, 0) is 14.9 Å². The van der Waals surface area contributed by atoms with Crippen molar-refractivity contribution in [2.75, 3.05) is 6.61 Å². The van der Waals surface area contributed by atoms with Crippen molar-refractivity contribution in [3.05, 3.63) is 24.8 Å². The maximum atomic E-state index is 13.2. The van der Waals surface area contributed by atoms with E-state index in [0.29, 0.717) is 3.57 Å². The Morgan fingerprint density at radius 2 is 1.75 bits per heavy atom. The molecule has 6 nitrogen and oxygen atoms in total. The minimum Gasteiger partial charge on any atom is -0.506 e. The van der Waals surface area contributed by atoms with E-state index < -0.39 is 46.0 Å². The third-order valence-corrected chi connectivity index (χ3v) is 5.04. The maximum absolute atomic E-state index is 13.2. The molecule has 0 aliphatic carbocycles. The Bertz CT molecular complexity index is 753. The van der Waals surface area contributed by atoms with Gasteiger partial charge >= 0.3 is 27.3 Å². The fourth-order valence-electron chi connectivity index (χ4n) is 1.41. The average Bonchev–Trinajstić information content (AvgIpc) is 2.40. The third-order valence-electron chi connectivity index (χ3n) is 2.65. The summed E-state index contributed by atoms with van der Waals surface area (Å²) in [7, 11) is -6.35. The Hall–Kier alpha value is -0.420. The number of ether oxygens (including phenoxy) is 1. The molecule has 2 N–H and O–H groups in total. The summed E-state index contributed by atoms with van der Waals surface area (Å²) in [5, 5.41) is 3.97. The molecular formula is C11H8F4I2O6S. The average molecular weight is 598 g/mol. The molecule has 0 unspecified atom stereocenters. The molecule has 1 aromatic carbocycles. The highest BCUT2D eigenvalue weighted by Crippen LogP contribution is 2.40. The van der Waals surface area contributed by atoms with Crippen LogP contribution in [0.25, 0.3) is 0 Å². The van der Waals surface area contributed by atoms with Crippen LogP contribution in [-0.4, -0.2) is 41.8 Å². The normalized spacial score (nSPS) is 13.0. The largest absolute Gasteiger partial charge is 0.506 e. The van der Waals surface area contributed by atoms with E-state index in [2.05, 4.69) is 4.74 Å². The topological polar surface area (TPSA) is 101 Å². The van der Waals surface area contributed by atoms with Crippen LogP contribution >= 0.6 is 45.2 Å². The Kier molecular flexibility index (Phi) is 6.71. The molecule has 0 amide bonds. The van der Waals surface area contributed by atoms with Crippen LogP contribution in [0.4, 0.5) is 17.6 Å². The lowest BCUT2D eigenvalue weighted by atomic mass is 10.2. The van der Waals surface area contributed by atoms with Gasteiger partial charge in [0.2, 0.25) is 0 Å². The summed E-state index contributed by atoms with van der Waals surface area (Å²) in [6, 6.07) is 2.69. The molecule has 0 aliphatic rings. The fraction of sp³-hybridized carbons (Fsp3) is 0.364. The number of hydrogen-bond acceptors (Lipinski definition) is 5. The maximum Gasteiger partial charge on any atom is 0.431 e. The van der Waals surface area contributed by atoms with Crippen molar-refractivity contribution in [1.29, 1.82) is 0 Å². The molecule has 0 atom stereocenters. The predicted molar refractivity (Wildman–Crippen MR) is 89.9 cm³/mol. The van der Waals surface area contributed by atoms with E-state index in [-0.39, 0.29) is 9.13 Å². The highest BCUT2D eigenvalue weighted by atomic mass is 127. The SMILES string of the molecule is O=C(OCCC(F)(F)C(F)(F)S(=O)(=O)O)c1cc(I)cc(I)c1O. The van der Waals surface area contributed by atoms with Crippen LogP contribution in [0.15, 0.2) is 12.1 Å². The van der Waals surface area contributed by atoms with Gasteiger partial charge in [0.15, 0.2) is 0 Å². The van der Waals surface area contributed by atoms with Gasteiger partial charge in [0.1, 0.15) is 11.3 Å². The molecule has 13 heteroatoms. The molecule has 0 saturated carbocycles. The van der Waals surface area contributed by atoms with Crippen molar-refractivity contribution >= 4 is 61.3 Å². The zero-order valence-electron chi connectivity index (χ0n) is 11.3. The van der Waals surface area contributed by atoms with Crippen LogP contribution in [0.2, 0.25) is 0 Å². The predicted octanol–water partition coefficient (Wildman–Crippen LogP) is 3.26. The minimum absolute atomic E-state index is 0.273. The lowest BCUT2D eigenvalue weighted by molar-refractivity contribution is -0.168. The third kappa shape index (κ3) is 4.60. The fourth-order valence-corrected chi connectivity index (χ4v) is 3.73. The van der Waals surface area contributed by atoms with Gasteiger partial charge in [0.05, 0.1) is 16.6 Å². The number of carbonyl (C=O) groups is 1. The summed E-state index contributed by atoms with van der Waals surface area (Å²) in [5.41, 5.74) is -0.365. The summed E-state index contributed by atoms with van der Waals surface area (Å²) in [6.45, 7) is -1.27. The van der Waals surface area contributed by atoms with Gasteiger partial charge in [-0.2, -0.15) is 26.0 Å². The van der Waals surface area contributed by atoms with Crippen molar-refractivity contribution in [3.63, 3.8) is 0 Å². The number of rotatable bonds is 6. The molecule has 0 saturated heterocycles. The molecule has 0 radical (unpaired) electrons. The lowest BCUT2D eigenvalue weighted by Crippen LogP contribution is -2.47. The number of phenolic OH excluding ortho intramolecular Hbond substituents is 1. The van der Waals surface area contributed by atoms with Gasteiger partial charge in [0.25, 0.3) is 0 Å². The molecule has 1 aromatic rings. The Morgan fingerprint density at radius 3 is 2.25 bits per heavy atom. The van der Waals surface area contributed by atoms with Gasteiger partial charge in [-0.25, -0.2) is 4.79 Å². The van der Waals surface area contributed by atoms with Crippen LogP contribution in [0.1, 0.15) is 16.8 Å². The zero-order chi connectivity index (χ0) is 18.9. The van der Waals surface area contributed by atoms with E-state index in [1.165, 1.54) is 12.1 Å². The number of phenols is 1. The van der Waals surface area contributed by atoms with Crippen LogP contribution in [0.3, 0.4) is 0 Å². The van der Waals surface area contributed by atoms with Crippen LogP contribution < -0.4 is 0 Å². The Labute approximate surface area is 160 Å². The van der Waals surface area contributed by atoms with Crippen molar-refractivity contribution in [2.45, 2.75) is 17.6 Å². The van der Waals surface area contributed by atoms with Crippen molar-refractivity contribution in [2.24, 2.45) is 0 Å². The number of benzene rings is 1. The number of aromatic hydroxyl groups is 1. The molecule has 1 rings (SSSR count). The molecular weight excluding hydrogens is 590 g/mol. The smallest absolute Gasteiger partial charge is 0.431 e. The van der Waals surface area contributed by atoms with Gasteiger partial charge in [-0.3, -0.25) is 4.55 Å². The summed E-state index contributed by atoms with van der Waals surface area (Å²) in [6.07, 6.45) is -1.85. The summed E-state index contributed by atoms with van der Waals surface area (Å²) < 4.78 is 86.3. The number of carbonyl (C=O) groups excluding carboxylic acids is 1. The van der Waals surface area contributed by atoms with Gasteiger partial charge in [-0.05, 0) is 57.3 Å². The van der Waals surface area contributed by atoms with E-state index in [9.17, 15) is 35.9 Å². The first-order valence-corrected chi connectivity index (χ1v) is 9.38. The Morgan fingerprint density at radius 1 is 1.21 bits per heavy atom. The van der Waals surface area contributed by atoms with Crippen LogP contribution in [0, 0.1) is 7.14 Å². The second kappa shape index (κ2) is 7.45. The molecule has 0 fully saturated rings. The second-order valence-electron chi connectivity index (χ2n) is 4.37. The number of halogens is 6. The summed E-state index contributed by atoms with van der Waals surface area (Å²) in [5.74, 6) is -6.89. The molecule has 0 aromatic heterocycles. The van der Waals surface area contributed by atoms with E-state index in [0.717, 1.165) is 0 Å².